The molecule has 1 aliphatic rings. The van der Waals surface area contributed by atoms with Gasteiger partial charge in [0, 0.05) is 24.1 Å². The van der Waals surface area contributed by atoms with Crippen LogP contribution in [0, 0.1) is 17.5 Å². The Morgan fingerprint density at radius 2 is 1.82 bits per heavy atom. The summed E-state index contributed by atoms with van der Waals surface area (Å²) in [6.07, 6.45) is 1.18. The first-order chi connectivity index (χ1) is 7.98. The molecule has 1 aliphatic carbocycles. The summed E-state index contributed by atoms with van der Waals surface area (Å²) in [5.41, 5.74) is -1.21. The molecule has 5 heteroatoms. The largest absolute Gasteiger partial charge is 0.346 e. The number of amides is 1. The fourth-order valence-corrected chi connectivity index (χ4v) is 1.92. The lowest BCUT2D eigenvalue weighted by atomic mass is 10.0. The third kappa shape index (κ3) is 2.14. The molecule has 17 heavy (non-hydrogen) atoms. The van der Waals surface area contributed by atoms with Crippen molar-refractivity contribution in [2.24, 2.45) is 0 Å². The van der Waals surface area contributed by atoms with Gasteiger partial charge in [0.1, 0.15) is 17.5 Å². The maximum atomic E-state index is 13.6. The first-order valence-electron chi connectivity index (χ1n) is 5.44. The van der Waals surface area contributed by atoms with Crippen LogP contribution in [0.1, 0.15) is 31.7 Å². The molecule has 1 N–H and O–H groups in total. The summed E-state index contributed by atoms with van der Waals surface area (Å²) in [5.74, 6) is -3.13. The van der Waals surface area contributed by atoms with Gasteiger partial charge in [0.2, 0.25) is 5.91 Å². The maximum absolute atomic E-state index is 13.6. The SMILES string of the molecule is CCC(=O)NC1(c2c(F)cc(F)cc2F)CC1. The van der Waals surface area contributed by atoms with Crippen LogP contribution in [0.15, 0.2) is 12.1 Å². The molecule has 1 fully saturated rings. The summed E-state index contributed by atoms with van der Waals surface area (Å²) in [6.45, 7) is 1.66. The van der Waals surface area contributed by atoms with Crippen LogP contribution < -0.4 is 5.32 Å². The Hall–Kier alpha value is -1.52. The number of carbonyl (C=O) groups is 1. The molecule has 0 aliphatic heterocycles. The van der Waals surface area contributed by atoms with Crippen molar-refractivity contribution >= 4 is 5.91 Å². The average molecular weight is 243 g/mol. The van der Waals surface area contributed by atoms with Gasteiger partial charge in [-0.25, -0.2) is 13.2 Å². The van der Waals surface area contributed by atoms with Gasteiger partial charge in [-0.2, -0.15) is 0 Å². The molecule has 0 unspecified atom stereocenters. The van der Waals surface area contributed by atoms with Gasteiger partial charge in [-0.05, 0) is 12.8 Å². The summed E-state index contributed by atoms with van der Waals surface area (Å²) in [4.78, 5) is 11.3. The summed E-state index contributed by atoms with van der Waals surface area (Å²) < 4.78 is 39.9. The van der Waals surface area contributed by atoms with Gasteiger partial charge in [-0.3, -0.25) is 4.79 Å². The lowest BCUT2D eigenvalue weighted by Crippen LogP contribution is -2.35. The van der Waals surface area contributed by atoms with Crippen molar-refractivity contribution in [3.05, 3.63) is 35.1 Å². The molecular formula is C12H12F3NO. The minimum atomic E-state index is -0.977. The van der Waals surface area contributed by atoms with Gasteiger partial charge in [0.05, 0.1) is 5.54 Å². The van der Waals surface area contributed by atoms with Crippen LogP contribution in [0.4, 0.5) is 13.2 Å². The van der Waals surface area contributed by atoms with Gasteiger partial charge in [0.25, 0.3) is 0 Å². The molecule has 1 aromatic carbocycles. The normalized spacial score (nSPS) is 16.7. The molecule has 1 amide bonds. The Bertz CT molecular complexity index is 446. The Morgan fingerprint density at radius 3 is 2.24 bits per heavy atom. The van der Waals surface area contributed by atoms with Crippen molar-refractivity contribution in [2.45, 2.75) is 31.7 Å². The van der Waals surface area contributed by atoms with E-state index in [1.165, 1.54) is 0 Å². The zero-order valence-electron chi connectivity index (χ0n) is 9.32. The lowest BCUT2D eigenvalue weighted by Gasteiger charge is -2.19. The zero-order valence-corrected chi connectivity index (χ0v) is 9.32. The first kappa shape index (κ1) is 12.0. The number of rotatable bonds is 3. The van der Waals surface area contributed by atoms with Gasteiger partial charge >= 0.3 is 0 Å². The van der Waals surface area contributed by atoms with Crippen molar-refractivity contribution in [1.82, 2.24) is 5.32 Å². The molecule has 0 spiro atoms. The molecule has 0 heterocycles. The van der Waals surface area contributed by atoms with Crippen molar-refractivity contribution < 1.29 is 18.0 Å². The molecule has 0 atom stereocenters. The molecule has 1 aromatic rings. The van der Waals surface area contributed by atoms with Gasteiger partial charge in [-0.15, -0.1) is 0 Å². The second kappa shape index (κ2) is 4.05. The Balaban J connectivity index is 2.37. The van der Waals surface area contributed by atoms with Crippen LogP contribution in [-0.4, -0.2) is 5.91 Å². The van der Waals surface area contributed by atoms with Crippen molar-refractivity contribution in [3.63, 3.8) is 0 Å². The molecule has 0 radical (unpaired) electrons. The molecule has 0 saturated heterocycles. The number of hydrogen-bond donors (Lipinski definition) is 1. The number of carbonyl (C=O) groups excluding carboxylic acids is 1. The van der Waals surface area contributed by atoms with E-state index >= 15 is 0 Å². The summed E-state index contributed by atoms with van der Waals surface area (Å²) in [6, 6.07) is 1.27. The molecule has 2 nitrogen and oxygen atoms in total. The highest BCUT2D eigenvalue weighted by Crippen LogP contribution is 2.47. The van der Waals surface area contributed by atoms with Crippen LogP contribution in [0.5, 0.6) is 0 Å². The number of halogens is 3. The Labute approximate surface area is 96.8 Å². The van der Waals surface area contributed by atoms with E-state index in [2.05, 4.69) is 5.32 Å². The Kier molecular flexibility index (Phi) is 2.85. The number of nitrogens with one attached hydrogen (secondary N) is 1. The second-order valence-electron chi connectivity index (χ2n) is 4.23. The zero-order chi connectivity index (χ0) is 12.6. The second-order valence-corrected chi connectivity index (χ2v) is 4.23. The van der Waals surface area contributed by atoms with E-state index in [0.717, 1.165) is 0 Å². The molecule has 0 aromatic heterocycles. The fraction of sp³-hybridized carbons (Fsp3) is 0.417. The number of hydrogen-bond acceptors (Lipinski definition) is 1. The highest BCUT2D eigenvalue weighted by molar-refractivity contribution is 5.77. The smallest absolute Gasteiger partial charge is 0.220 e. The average Bonchev–Trinajstić information content (AvgIpc) is 2.96. The minimum Gasteiger partial charge on any atom is -0.346 e. The predicted molar refractivity (Wildman–Crippen MR) is 55.7 cm³/mol. The fourth-order valence-electron chi connectivity index (χ4n) is 1.92. The van der Waals surface area contributed by atoms with Crippen LogP contribution in [0.3, 0.4) is 0 Å². The standard InChI is InChI=1S/C12H12F3NO/c1-2-10(17)16-12(3-4-12)11-8(14)5-7(13)6-9(11)15/h5-6H,2-4H2,1H3,(H,16,17). The van der Waals surface area contributed by atoms with Crippen LogP contribution in [0.2, 0.25) is 0 Å². The van der Waals surface area contributed by atoms with Crippen LogP contribution in [-0.2, 0) is 10.3 Å². The van der Waals surface area contributed by atoms with Crippen LogP contribution in [0.25, 0.3) is 0 Å². The van der Waals surface area contributed by atoms with Gasteiger partial charge < -0.3 is 5.32 Å². The minimum absolute atomic E-state index is 0.235. The number of benzene rings is 1. The third-order valence-corrected chi connectivity index (χ3v) is 2.94. The van der Waals surface area contributed by atoms with E-state index in [9.17, 15) is 18.0 Å². The van der Waals surface area contributed by atoms with E-state index in [1.807, 2.05) is 0 Å². The first-order valence-corrected chi connectivity index (χ1v) is 5.44. The molecule has 2 rings (SSSR count). The predicted octanol–water partition coefficient (Wildman–Crippen LogP) is 2.62. The molecule has 0 bridgehead atoms. The quantitative estimate of drug-likeness (QED) is 0.868. The maximum Gasteiger partial charge on any atom is 0.220 e. The monoisotopic (exact) mass is 243 g/mol. The van der Waals surface area contributed by atoms with Crippen molar-refractivity contribution in [2.75, 3.05) is 0 Å². The molecule has 1 saturated carbocycles. The van der Waals surface area contributed by atoms with E-state index in [-0.39, 0.29) is 17.9 Å². The topological polar surface area (TPSA) is 29.1 Å². The Morgan fingerprint density at radius 1 is 1.29 bits per heavy atom. The van der Waals surface area contributed by atoms with Crippen LogP contribution >= 0.6 is 0 Å². The summed E-state index contributed by atoms with van der Waals surface area (Å²) in [5, 5.41) is 2.59. The van der Waals surface area contributed by atoms with Crippen molar-refractivity contribution in [3.8, 4) is 0 Å². The van der Waals surface area contributed by atoms with E-state index < -0.39 is 23.0 Å². The lowest BCUT2D eigenvalue weighted by molar-refractivity contribution is -0.121. The highest BCUT2D eigenvalue weighted by Gasteiger charge is 2.49. The summed E-state index contributed by atoms with van der Waals surface area (Å²) >= 11 is 0. The van der Waals surface area contributed by atoms with E-state index in [0.29, 0.717) is 25.0 Å². The van der Waals surface area contributed by atoms with E-state index in [4.69, 9.17) is 0 Å². The molecule has 92 valence electrons. The van der Waals surface area contributed by atoms with E-state index in [1.54, 1.807) is 6.92 Å². The highest BCUT2D eigenvalue weighted by atomic mass is 19.1. The molecular weight excluding hydrogens is 231 g/mol. The van der Waals surface area contributed by atoms with Gasteiger partial charge in [-0.1, -0.05) is 6.92 Å². The van der Waals surface area contributed by atoms with Crippen molar-refractivity contribution in [1.29, 1.82) is 0 Å². The third-order valence-electron chi connectivity index (χ3n) is 2.94. The van der Waals surface area contributed by atoms with Gasteiger partial charge in [0.15, 0.2) is 0 Å². The summed E-state index contributed by atoms with van der Waals surface area (Å²) in [7, 11) is 0.